The lowest BCUT2D eigenvalue weighted by molar-refractivity contribution is -0.135. The van der Waals surface area contributed by atoms with E-state index in [2.05, 4.69) is 28.7 Å². The number of nitrogens with zero attached hydrogens (tertiary/aromatic N) is 4. The summed E-state index contributed by atoms with van der Waals surface area (Å²) in [5.41, 5.74) is 2.22. The molecular formula is C26H30N4O2. The Balaban J connectivity index is 1.43. The van der Waals surface area contributed by atoms with Crippen molar-refractivity contribution in [3.05, 3.63) is 78.1 Å². The van der Waals surface area contributed by atoms with E-state index in [0.29, 0.717) is 12.4 Å². The van der Waals surface area contributed by atoms with Crippen LogP contribution in [0.15, 0.2) is 67.0 Å². The van der Waals surface area contributed by atoms with Crippen molar-refractivity contribution in [1.82, 2.24) is 14.9 Å². The van der Waals surface area contributed by atoms with Gasteiger partial charge < -0.3 is 14.5 Å². The SMILES string of the molecule is CCC(C(=O)N1CCN(c2cc(Oc3cccc(C)c3)ncn2)CC1C)c1ccccc1. The maximum Gasteiger partial charge on any atom is 0.230 e. The highest BCUT2D eigenvalue weighted by atomic mass is 16.5. The van der Waals surface area contributed by atoms with E-state index in [1.165, 1.54) is 6.33 Å². The number of carbonyl (C=O) groups excluding carboxylic acids is 1. The average Bonchev–Trinajstić information content (AvgIpc) is 2.80. The smallest absolute Gasteiger partial charge is 0.230 e. The van der Waals surface area contributed by atoms with Crippen molar-refractivity contribution in [3.63, 3.8) is 0 Å². The molecule has 1 fully saturated rings. The minimum Gasteiger partial charge on any atom is -0.439 e. The second-order valence-corrected chi connectivity index (χ2v) is 8.33. The van der Waals surface area contributed by atoms with Gasteiger partial charge in [0.25, 0.3) is 0 Å². The van der Waals surface area contributed by atoms with Crippen LogP contribution in [0.5, 0.6) is 11.6 Å². The summed E-state index contributed by atoms with van der Waals surface area (Å²) >= 11 is 0. The van der Waals surface area contributed by atoms with Gasteiger partial charge in [-0.1, -0.05) is 49.4 Å². The highest BCUT2D eigenvalue weighted by Gasteiger charge is 2.32. The molecular weight excluding hydrogens is 400 g/mol. The van der Waals surface area contributed by atoms with Gasteiger partial charge in [-0.2, -0.15) is 0 Å². The zero-order valence-electron chi connectivity index (χ0n) is 18.9. The first-order chi connectivity index (χ1) is 15.5. The molecule has 2 atom stereocenters. The molecule has 1 saturated heterocycles. The average molecular weight is 431 g/mol. The minimum absolute atomic E-state index is 0.0881. The van der Waals surface area contributed by atoms with Gasteiger partial charge in [0, 0.05) is 31.7 Å². The van der Waals surface area contributed by atoms with Gasteiger partial charge in [0.05, 0.1) is 5.92 Å². The monoisotopic (exact) mass is 430 g/mol. The molecule has 6 heteroatoms. The minimum atomic E-state index is -0.0985. The van der Waals surface area contributed by atoms with Crippen LogP contribution in [-0.2, 0) is 4.79 Å². The molecule has 6 nitrogen and oxygen atoms in total. The summed E-state index contributed by atoms with van der Waals surface area (Å²) < 4.78 is 5.93. The van der Waals surface area contributed by atoms with Crippen LogP contribution in [0.3, 0.4) is 0 Å². The standard InChI is InChI=1S/C26H30N4O2/c1-4-23(21-10-6-5-7-11-21)26(31)30-14-13-29(17-20(30)3)24-16-25(28-18-27-24)32-22-12-8-9-19(2)15-22/h5-12,15-16,18,20,23H,4,13-14,17H2,1-3H3. The fraction of sp³-hybridized carbons (Fsp3) is 0.346. The molecule has 2 heterocycles. The molecule has 3 aromatic rings. The summed E-state index contributed by atoms with van der Waals surface area (Å²) in [6, 6.07) is 19.9. The van der Waals surface area contributed by atoms with Crippen molar-refractivity contribution in [2.24, 2.45) is 0 Å². The molecule has 2 aromatic carbocycles. The van der Waals surface area contributed by atoms with Gasteiger partial charge in [-0.25, -0.2) is 9.97 Å². The molecule has 0 spiro atoms. The number of hydrogen-bond donors (Lipinski definition) is 0. The largest absolute Gasteiger partial charge is 0.439 e. The van der Waals surface area contributed by atoms with Crippen LogP contribution in [0.25, 0.3) is 0 Å². The molecule has 2 unspecified atom stereocenters. The Kier molecular flexibility index (Phi) is 6.69. The molecule has 1 aliphatic heterocycles. The molecule has 0 bridgehead atoms. The van der Waals surface area contributed by atoms with E-state index in [1.54, 1.807) is 0 Å². The summed E-state index contributed by atoms with van der Waals surface area (Å²) in [7, 11) is 0. The van der Waals surface area contributed by atoms with Crippen LogP contribution in [0.2, 0.25) is 0 Å². The second-order valence-electron chi connectivity index (χ2n) is 8.33. The molecule has 1 amide bonds. The Hall–Kier alpha value is -3.41. The first kappa shape index (κ1) is 21.8. The van der Waals surface area contributed by atoms with Crippen LogP contribution >= 0.6 is 0 Å². The lowest BCUT2D eigenvalue weighted by Gasteiger charge is -2.41. The van der Waals surface area contributed by atoms with Crippen molar-refractivity contribution in [1.29, 1.82) is 0 Å². The van der Waals surface area contributed by atoms with E-state index < -0.39 is 0 Å². The lowest BCUT2D eigenvalue weighted by Crippen LogP contribution is -2.55. The summed E-state index contributed by atoms with van der Waals surface area (Å²) in [5.74, 6) is 2.19. The number of anilines is 1. The molecule has 1 aliphatic rings. The third kappa shape index (κ3) is 4.90. The number of hydrogen-bond acceptors (Lipinski definition) is 5. The van der Waals surface area contributed by atoms with Crippen molar-refractivity contribution in [2.45, 2.75) is 39.2 Å². The van der Waals surface area contributed by atoms with Gasteiger partial charge in [0.15, 0.2) is 0 Å². The third-order valence-electron chi connectivity index (χ3n) is 5.98. The summed E-state index contributed by atoms with van der Waals surface area (Å²) in [6.45, 7) is 8.32. The zero-order chi connectivity index (χ0) is 22.5. The molecule has 0 N–H and O–H groups in total. The topological polar surface area (TPSA) is 58.6 Å². The summed E-state index contributed by atoms with van der Waals surface area (Å²) in [6.07, 6.45) is 2.33. The molecule has 0 radical (unpaired) electrons. The van der Waals surface area contributed by atoms with Crippen LogP contribution < -0.4 is 9.64 Å². The highest BCUT2D eigenvalue weighted by molar-refractivity contribution is 5.84. The Labute approximate surface area is 189 Å². The zero-order valence-corrected chi connectivity index (χ0v) is 18.9. The van der Waals surface area contributed by atoms with E-state index in [1.807, 2.05) is 72.5 Å². The predicted octanol–water partition coefficient (Wildman–Crippen LogP) is 4.81. The molecule has 0 saturated carbocycles. The highest BCUT2D eigenvalue weighted by Crippen LogP contribution is 2.27. The second kappa shape index (κ2) is 9.81. The number of amides is 1. The van der Waals surface area contributed by atoms with Crippen LogP contribution in [-0.4, -0.2) is 46.5 Å². The van der Waals surface area contributed by atoms with Crippen molar-refractivity contribution >= 4 is 11.7 Å². The van der Waals surface area contributed by atoms with Crippen LogP contribution in [0.4, 0.5) is 5.82 Å². The van der Waals surface area contributed by atoms with Crippen molar-refractivity contribution in [2.75, 3.05) is 24.5 Å². The fourth-order valence-corrected chi connectivity index (χ4v) is 4.29. The van der Waals surface area contributed by atoms with Gasteiger partial charge in [-0.15, -0.1) is 0 Å². The van der Waals surface area contributed by atoms with Gasteiger partial charge in [-0.3, -0.25) is 4.79 Å². The predicted molar refractivity (Wildman–Crippen MR) is 126 cm³/mol. The quantitative estimate of drug-likeness (QED) is 0.562. The maximum absolute atomic E-state index is 13.3. The number of piperazine rings is 1. The van der Waals surface area contributed by atoms with E-state index in [4.69, 9.17) is 4.74 Å². The normalized spacial score (nSPS) is 17.2. The Morgan fingerprint density at radius 1 is 1.09 bits per heavy atom. The van der Waals surface area contributed by atoms with Crippen molar-refractivity contribution in [3.8, 4) is 11.6 Å². The number of benzene rings is 2. The first-order valence-corrected chi connectivity index (χ1v) is 11.2. The molecule has 32 heavy (non-hydrogen) atoms. The molecule has 1 aromatic heterocycles. The van der Waals surface area contributed by atoms with Crippen molar-refractivity contribution < 1.29 is 9.53 Å². The molecule has 166 valence electrons. The van der Waals surface area contributed by atoms with Gasteiger partial charge in [0.1, 0.15) is 17.9 Å². The molecule has 0 aliphatic carbocycles. The van der Waals surface area contributed by atoms with E-state index >= 15 is 0 Å². The summed E-state index contributed by atoms with van der Waals surface area (Å²) in [4.78, 5) is 26.3. The number of ether oxygens (including phenoxy) is 1. The number of aromatic nitrogens is 2. The van der Waals surface area contributed by atoms with Crippen LogP contribution in [0.1, 0.15) is 37.3 Å². The number of aryl methyl sites for hydroxylation is 1. The lowest BCUT2D eigenvalue weighted by atomic mass is 9.94. The van der Waals surface area contributed by atoms with Gasteiger partial charge >= 0.3 is 0 Å². The molecule has 4 rings (SSSR count). The Bertz CT molecular complexity index is 1060. The third-order valence-corrected chi connectivity index (χ3v) is 5.98. The maximum atomic E-state index is 13.3. The Morgan fingerprint density at radius 3 is 2.62 bits per heavy atom. The summed E-state index contributed by atoms with van der Waals surface area (Å²) in [5, 5.41) is 0. The first-order valence-electron chi connectivity index (χ1n) is 11.2. The van der Waals surface area contributed by atoms with E-state index in [9.17, 15) is 4.79 Å². The van der Waals surface area contributed by atoms with E-state index in [0.717, 1.165) is 42.2 Å². The van der Waals surface area contributed by atoms with E-state index in [-0.39, 0.29) is 17.9 Å². The van der Waals surface area contributed by atoms with Gasteiger partial charge in [0.2, 0.25) is 11.8 Å². The van der Waals surface area contributed by atoms with Gasteiger partial charge in [-0.05, 0) is 43.5 Å². The number of carbonyl (C=O) groups is 1. The Morgan fingerprint density at radius 2 is 1.91 bits per heavy atom. The number of rotatable bonds is 6. The fourth-order valence-electron chi connectivity index (χ4n) is 4.29. The van der Waals surface area contributed by atoms with Crippen LogP contribution in [0, 0.1) is 6.92 Å².